The highest BCUT2D eigenvalue weighted by Crippen LogP contribution is 2.35. The molecule has 3 rings (SSSR count). The summed E-state index contributed by atoms with van der Waals surface area (Å²) in [5.41, 5.74) is 6.59. The molecule has 128 valence electrons. The zero-order valence-electron chi connectivity index (χ0n) is 13.6. The lowest BCUT2D eigenvalue weighted by Gasteiger charge is -2.30. The number of rotatable bonds is 4. The van der Waals surface area contributed by atoms with Crippen LogP contribution in [0.4, 0.5) is 11.8 Å². The molecule has 0 amide bonds. The van der Waals surface area contributed by atoms with Crippen molar-refractivity contribution in [2.24, 2.45) is 0 Å². The van der Waals surface area contributed by atoms with Crippen molar-refractivity contribution in [3.8, 4) is 11.5 Å². The minimum absolute atomic E-state index is 0.0155. The molecule has 0 radical (unpaired) electrons. The Bertz CT molecular complexity index is 720. The zero-order chi connectivity index (χ0) is 17.1. The Labute approximate surface area is 146 Å². The Morgan fingerprint density at radius 3 is 2.71 bits per heavy atom. The molecule has 0 aliphatic heterocycles. The molecule has 1 heterocycles. The predicted octanol–water partition coefficient (Wildman–Crippen LogP) is 4.34. The molecule has 1 aliphatic carbocycles. The monoisotopic (exact) mass is 348 g/mol. The normalized spacial score (nSPS) is 15.3. The average molecular weight is 349 g/mol. The summed E-state index contributed by atoms with van der Waals surface area (Å²) in [4.78, 5) is 8.17. The Balaban J connectivity index is 1.90. The van der Waals surface area contributed by atoms with Crippen molar-refractivity contribution < 1.29 is 9.94 Å². The molecule has 1 aromatic heterocycles. The number of hydroxylamine groups is 1. The van der Waals surface area contributed by atoms with Gasteiger partial charge in [0, 0.05) is 5.02 Å². The number of hydrogen-bond acceptors (Lipinski definition) is 6. The van der Waals surface area contributed by atoms with Crippen LogP contribution in [0.2, 0.25) is 5.02 Å². The minimum atomic E-state index is 0.0155. The Hall–Kier alpha value is -2.05. The summed E-state index contributed by atoms with van der Waals surface area (Å²) in [6, 6.07) is 5.36. The summed E-state index contributed by atoms with van der Waals surface area (Å²) in [7, 11) is 0. The maximum Gasteiger partial charge on any atom is 0.222 e. The second kappa shape index (κ2) is 7.23. The van der Waals surface area contributed by atoms with E-state index in [2.05, 4.69) is 9.97 Å². The number of nitrogens with two attached hydrogens (primary N) is 1. The van der Waals surface area contributed by atoms with Crippen LogP contribution in [0.3, 0.4) is 0 Å². The number of nitrogens with zero attached hydrogens (tertiary/aromatic N) is 3. The number of aryl methyl sites for hydroxylation is 1. The van der Waals surface area contributed by atoms with Gasteiger partial charge in [0.1, 0.15) is 5.75 Å². The quantitative estimate of drug-likeness (QED) is 0.799. The van der Waals surface area contributed by atoms with Crippen LogP contribution in [0.5, 0.6) is 11.5 Å². The lowest BCUT2D eigenvalue weighted by atomic mass is 9.95. The van der Waals surface area contributed by atoms with Gasteiger partial charge < -0.3 is 10.5 Å². The van der Waals surface area contributed by atoms with E-state index in [1.54, 1.807) is 12.1 Å². The van der Waals surface area contributed by atoms with Crippen molar-refractivity contribution in [3.63, 3.8) is 0 Å². The molecule has 0 atom stereocenters. The number of ether oxygens (including phenoxy) is 1. The molecule has 6 nitrogen and oxygen atoms in total. The predicted molar refractivity (Wildman–Crippen MR) is 93.8 cm³/mol. The van der Waals surface area contributed by atoms with E-state index in [-0.39, 0.29) is 12.0 Å². The molecule has 0 bridgehead atoms. The van der Waals surface area contributed by atoms with Crippen molar-refractivity contribution in [1.82, 2.24) is 9.97 Å². The highest BCUT2D eigenvalue weighted by Gasteiger charge is 2.25. The van der Waals surface area contributed by atoms with Crippen LogP contribution in [0.1, 0.15) is 37.7 Å². The Morgan fingerprint density at radius 2 is 2.00 bits per heavy atom. The number of hydrogen-bond donors (Lipinski definition) is 2. The maximum atomic E-state index is 10.6. The fourth-order valence-corrected chi connectivity index (χ4v) is 3.18. The highest BCUT2D eigenvalue weighted by atomic mass is 35.5. The summed E-state index contributed by atoms with van der Waals surface area (Å²) >= 11 is 5.98. The van der Waals surface area contributed by atoms with Gasteiger partial charge in [-0.2, -0.15) is 4.98 Å². The van der Waals surface area contributed by atoms with Crippen molar-refractivity contribution in [1.29, 1.82) is 0 Å². The van der Waals surface area contributed by atoms with Gasteiger partial charge in [-0.1, -0.05) is 30.9 Å². The number of benzene rings is 1. The SMILES string of the molecule is Cc1cc(Cl)ccc1Oc1cnc(N)nc1N(O)C1CCCCC1. The van der Waals surface area contributed by atoms with E-state index in [4.69, 9.17) is 22.1 Å². The second-order valence-electron chi connectivity index (χ2n) is 6.06. The molecule has 0 spiro atoms. The van der Waals surface area contributed by atoms with Crippen LogP contribution >= 0.6 is 11.6 Å². The fourth-order valence-electron chi connectivity index (χ4n) is 2.96. The van der Waals surface area contributed by atoms with Gasteiger partial charge in [0.15, 0.2) is 5.75 Å². The Morgan fingerprint density at radius 1 is 1.25 bits per heavy atom. The van der Waals surface area contributed by atoms with Crippen molar-refractivity contribution >= 4 is 23.4 Å². The third kappa shape index (κ3) is 3.71. The maximum absolute atomic E-state index is 10.6. The van der Waals surface area contributed by atoms with Gasteiger partial charge >= 0.3 is 0 Å². The Kier molecular flexibility index (Phi) is 5.06. The van der Waals surface area contributed by atoms with Gasteiger partial charge in [0.2, 0.25) is 11.8 Å². The van der Waals surface area contributed by atoms with E-state index in [9.17, 15) is 5.21 Å². The largest absolute Gasteiger partial charge is 0.451 e. The summed E-state index contributed by atoms with van der Waals surface area (Å²) in [6.07, 6.45) is 6.70. The fraction of sp³-hybridized carbons (Fsp3) is 0.412. The van der Waals surface area contributed by atoms with E-state index in [0.29, 0.717) is 22.3 Å². The smallest absolute Gasteiger partial charge is 0.222 e. The molecule has 1 saturated carbocycles. The number of nitrogen functional groups attached to an aromatic ring is 1. The lowest BCUT2D eigenvalue weighted by Crippen LogP contribution is -2.35. The van der Waals surface area contributed by atoms with Gasteiger partial charge in [-0.15, -0.1) is 0 Å². The second-order valence-corrected chi connectivity index (χ2v) is 6.50. The summed E-state index contributed by atoms with van der Waals surface area (Å²) < 4.78 is 5.92. The molecular weight excluding hydrogens is 328 g/mol. The molecule has 2 aromatic rings. The first kappa shape index (κ1) is 16.8. The summed E-state index contributed by atoms with van der Waals surface area (Å²) in [5.74, 6) is 1.39. The number of anilines is 2. The molecule has 0 unspecified atom stereocenters. The third-order valence-corrected chi connectivity index (χ3v) is 4.48. The highest BCUT2D eigenvalue weighted by molar-refractivity contribution is 6.30. The van der Waals surface area contributed by atoms with Crippen LogP contribution in [-0.4, -0.2) is 21.2 Å². The van der Waals surface area contributed by atoms with Crippen molar-refractivity contribution in [2.45, 2.75) is 45.1 Å². The van der Waals surface area contributed by atoms with Crippen LogP contribution < -0.4 is 15.5 Å². The number of halogens is 1. The molecule has 3 N–H and O–H groups in total. The van der Waals surface area contributed by atoms with Crippen LogP contribution in [0.25, 0.3) is 0 Å². The first-order chi connectivity index (χ1) is 11.5. The van der Waals surface area contributed by atoms with Gasteiger partial charge in [-0.3, -0.25) is 5.21 Å². The minimum Gasteiger partial charge on any atom is -0.451 e. The summed E-state index contributed by atoms with van der Waals surface area (Å²) in [6.45, 7) is 1.90. The van der Waals surface area contributed by atoms with Gasteiger partial charge in [-0.25, -0.2) is 10.0 Å². The van der Waals surface area contributed by atoms with E-state index in [0.717, 1.165) is 31.2 Å². The molecule has 1 aromatic carbocycles. The van der Waals surface area contributed by atoms with E-state index >= 15 is 0 Å². The average Bonchev–Trinajstić information content (AvgIpc) is 2.59. The molecule has 0 saturated heterocycles. The van der Waals surface area contributed by atoms with E-state index in [1.807, 2.05) is 13.0 Å². The lowest BCUT2D eigenvalue weighted by molar-refractivity contribution is 0.185. The molecule has 1 fully saturated rings. The van der Waals surface area contributed by atoms with Gasteiger partial charge in [0.25, 0.3) is 0 Å². The zero-order valence-corrected chi connectivity index (χ0v) is 14.3. The molecule has 1 aliphatic rings. The summed E-state index contributed by atoms with van der Waals surface area (Å²) in [5, 5.41) is 12.4. The van der Waals surface area contributed by atoms with Gasteiger partial charge in [0.05, 0.1) is 12.2 Å². The standard InChI is InChI=1S/C17H21ClN4O2/c1-11-9-12(18)7-8-14(11)24-15-10-20-17(19)21-16(15)22(23)13-5-3-2-4-6-13/h7-10,13,23H,2-6H2,1H3,(H2,19,20,21). The van der Waals surface area contributed by atoms with Crippen molar-refractivity contribution in [2.75, 3.05) is 10.8 Å². The molecule has 24 heavy (non-hydrogen) atoms. The van der Waals surface area contributed by atoms with E-state index < -0.39 is 0 Å². The van der Waals surface area contributed by atoms with Crippen LogP contribution in [0.15, 0.2) is 24.4 Å². The molecule has 7 heteroatoms. The van der Waals surface area contributed by atoms with Crippen molar-refractivity contribution in [3.05, 3.63) is 35.0 Å². The first-order valence-corrected chi connectivity index (χ1v) is 8.47. The van der Waals surface area contributed by atoms with E-state index in [1.165, 1.54) is 17.7 Å². The third-order valence-electron chi connectivity index (χ3n) is 4.25. The van der Waals surface area contributed by atoms with Crippen LogP contribution in [0, 0.1) is 6.92 Å². The molecular formula is C17H21ClN4O2. The number of aromatic nitrogens is 2. The van der Waals surface area contributed by atoms with Gasteiger partial charge in [-0.05, 0) is 43.5 Å². The van der Waals surface area contributed by atoms with Crippen LogP contribution in [-0.2, 0) is 0 Å². The topological polar surface area (TPSA) is 84.5 Å². The first-order valence-electron chi connectivity index (χ1n) is 8.09.